The van der Waals surface area contributed by atoms with Crippen molar-refractivity contribution in [3.8, 4) is 18.1 Å². The van der Waals surface area contributed by atoms with Crippen molar-refractivity contribution in [2.75, 3.05) is 80.7 Å². The molecule has 7 rings (SSSR count). The highest BCUT2D eigenvalue weighted by atomic mass is 32.2. The number of pyridine rings is 1. The lowest BCUT2D eigenvalue weighted by molar-refractivity contribution is 0.00430. The monoisotopic (exact) mass is 657 g/mol. The van der Waals surface area contributed by atoms with Crippen LogP contribution in [-0.4, -0.2) is 89.8 Å². The molecule has 1 unspecified atom stereocenters. The number of anilines is 4. The van der Waals surface area contributed by atoms with Crippen LogP contribution in [0.1, 0.15) is 59.9 Å². The minimum Gasteiger partial charge on any atom is -0.461 e. The summed E-state index contributed by atoms with van der Waals surface area (Å²) in [5.41, 5.74) is 15.4. The minimum absolute atomic E-state index is 0.0865. The van der Waals surface area contributed by atoms with Crippen molar-refractivity contribution in [1.82, 2.24) is 24.8 Å². The number of aromatic nitrogens is 3. The van der Waals surface area contributed by atoms with Crippen molar-refractivity contribution < 1.29 is 4.74 Å². The molecule has 3 fully saturated rings. The molecule has 0 aromatic carbocycles. The number of piperazine rings is 1. The fourth-order valence-electron chi connectivity index (χ4n) is 7.82. The maximum atomic E-state index is 10.7. The summed E-state index contributed by atoms with van der Waals surface area (Å²) in [4.78, 5) is 24.5. The highest BCUT2D eigenvalue weighted by Crippen LogP contribution is 2.58. The van der Waals surface area contributed by atoms with E-state index < -0.39 is 0 Å². The van der Waals surface area contributed by atoms with Crippen LogP contribution in [0.2, 0.25) is 0 Å². The highest BCUT2D eigenvalue weighted by molar-refractivity contribution is 8.00. The van der Waals surface area contributed by atoms with Gasteiger partial charge in [-0.05, 0) is 46.3 Å². The zero-order valence-electron chi connectivity index (χ0n) is 26.5. The largest absolute Gasteiger partial charge is 0.461 e. The van der Waals surface area contributed by atoms with E-state index in [4.69, 9.17) is 26.2 Å². The van der Waals surface area contributed by atoms with Gasteiger partial charge in [0.25, 0.3) is 0 Å². The smallest absolute Gasteiger partial charge is 0.320 e. The Morgan fingerprint density at radius 2 is 1.93 bits per heavy atom. The SMILES string of the molecule is CCN(c1nc(OCC23CCCN2CCN(C)C3)nc(N2CC3(C2)SCc2sc(N)c(C#N)c23)c1C#N)[C@H](C)c1cccnc1N. The average molecular weight is 658 g/mol. The first-order chi connectivity index (χ1) is 22.2. The Morgan fingerprint density at radius 1 is 1.13 bits per heavy atom. The second kappa shape index (κ2) is 11.8. The lowest BCUT2D eigenvalue weighted by atomic mass is 9.88. The van der Waals surface area contributed by atoms with Crippen LogP contribution in [0.4, 0.5) is 22.5 Å². The number of thioether (sulfide) groups is 1. The molecule has 4 aliphatic rings. The normalized spacial score (nSPS) is 22.5. The Bertz CT molecular complexity index is 1740. The van der Waals surface area contributed by atoms with Crippen LogP contribution in [-0.2, 0) is 10.5 Å². The van der Waals surface area contributed by atoms with E-state index in [-0.39, 0.29) is 22.3 Å². The summed E-state index contributed by atoms with van der Waals surface area (Å²) >= 11 is 3.36. The zero-order chi connectivity index (χ0) is 32.2. The van der Waals surface area contributed by atoms with E-state index in [2.05, 4.69) is 43.8 Å². The second-order valence-electron chi connectivity index (χ2n) is 12.8. The van der Waals surface area contributed by atoms with E-state index in [9.17, 15) is 10.5 Å². The van der Waals surface area contributed by atoms with Crippen molar-refractivity contribution in [3.63, 3.8) is 0 Å². The molecule has 12 nitrogen and oxygen atoms in total. The number of hydrogen-bond acceptors (Lipinski definition) is 14. The third-order valence-corrected chi connectivity index (χ3v) is 12.8. The Morgan fingerprint density at radius 3 is 2.67 bits per heavy atom. The van der Waals surface area contributed by atoms with Gasteiger partial charge in [-0.1, -0.05) is 6.07 Å². The minimum atomic E-state index is -0.259. The summed E-state index contributed by atoms with van der Waals surface area (Å²) < 4.78 is 6.30. The van der Waals surface area contributed by atoms with Crippen LogP contribution in [0.3, 0.4) is 0 Å². The third-order valence-electron chi connectivity index (χ3n) is 10.1. The fraction of sp³-hybridized carbons (Fsp3) is 0.531. The first kappa shape index (κ1) is 30.8. The second-order valence-corrected chi connectivity index (χ2v) is 15.3. The van der Waals surface area contributed by atoms with Crippen LogP contribution in [0.15, 0.2) is 18.3 Å². The van der Waals surface area contributed by atoms with Gasteiger partial charge in [0, 0.05) is 67.2 Å². The molecule has 0 amide bonds. The molecule has 0 bridgehead atoms. The van der Waals surface area contributed by atoms with E-state index >= 15 is 0 Å². The summed E-state index contributed by atoms with van der Waals surface area (Å²) in [6, 6.07) is 8.68. The van der Waals surface area contributed by atoms with Gasteiger partial charge >= 0.3 is 6.01 Å². The molecule has 3 aromatic heterocycles. The molecule has 3 aromatic rings. The number of thiophene rings is 1. The predicted molar refractivity (Wildman–Crippen MR) is 182 cm³/mol. The molecular weight excluding hydrogens is 619 g/mol. The summed E-state index contributed by atoms with van der Waals surface area (Å²) in [5.74, 6) is 2.34. The number of likely N-dealkylation sites (N-methyl/N-ethyl adjacent to an activating group) is 1. The summed E-state index contributed by atoms with van der Waals surface area (Å²) in [6.07, 6.45) is 3.88. The van der Waals surface area contributed by atoms with Crippen LogP contribution >= 0.6 is 23.1 Å². The van der Waals surface area contributed by atoms with Crippen LogP contribution in [0.5, 0.6) is 6.01 Å². The number of fused-ring (bicyclic) bond motifs is 3. The van der Waals surface area contributed by atoms with Gasteiger partial charge in [0.2, 0.25) is 0 Å². The molecule has 4 N–H and O–H groups in total. The van der Waals surface area contributed by atoms with Crippen molar-refractivity contribution in [1.29, 1.82) is 10.5 Å². The maximum absolute atomic E-state index is 10.7. The van der Waals surface area contributed by atoms with E-state index in [1.165, 1.54) is 16.2 Å². The van der Waals surface area contributed by atoms with E-state index in [0.29, 0.717) is 59.8 Å². The standard InChI is InChI=1S/C32H39N11OS2/c1-4-43(20(2)21-7-5-9-37-26(21)35)29-23(14-34)28(41-17-32(18-41)25-22(13-33)27(36)46-24(25)15-45-32)38-30(39-29)44-19-31-8-6-10-42(31)12-11-40(3)16-31/h5,7,9,20H,4,6,8,10-12,15-19,36H2,1-3H3,(H2,35,37)/t20-,31?/m1/s1. The summed E-state index contributed by atoms with van der Waals surface area (Å²) in [5, 5.41) is 21.2. The summed E-state index contributed by atoms with van der Waals surface area (Å²) in [6.45, 7) is 10.4. The van der Waals surface area contributed by atoms with E-state index in [0.717, 1.165) is 55.9 Å². The van der Waals surface area contributed by atoms with E-state index in [1.54, 1.807) is 6.20 Å². The number of nitriles is 2. The molecule has 240 valence electrons. The Labute approximate surface area is 277 Å². The quantitative estimate of drug-likeness (QED) is 0.362. The van der Waals surface area contributed by atoms with Crippen molar-refractivity contribution in [2.24, 2.45) is 0 Å². The first-order valence-electron chi connectivity index (χ1n) is 15.8. The number of nitrogen functional groups attached to an aromatic ring is 2. The molecule has 7 heterocycles. The summed E-state index contributed by atoms with van der Waals surface area (Å²) in [7, 11) is 2.17. The molecule has 0 aliphatic carbocycles. The lowest BCUT2D eigenvalue weighted by Gasteiger charge is -2.49. The van der Waals surface area contributed by atoms with Crippen molar-refractivity contribution in [2.45, 2.75) is 48.8 Å². The predicted octanol–water partition coefficient (Wildman–Crippen LogP) is 3.55. The van der Waals surface area contributed by atoms with Gasteiger partial charge in [0.05, 0.1) is 21.9 Å². The molecule has 0 radical (unpaired) electrons. The zero-order valence-corrected chi connectivity index (χ0v) is 28.1. The molecule has 0 saturated carbocycles. The van der Waals surface area contributed by atoms with E-state index in [1.807, 2.05) is 37.7 Å². The molecule has 14 heteroatoms. The number of rotatable bonds is 8. The average Bonchev–Trinajstić information content (AvgIpc) is 3.71. The van der Waals surface area contributed by atoms with Crippen LogP contribution in [0.25, 0.3) is 0 Å². The molecule has 46 heavy (non-hydrogen) atoms. The lowest BCUT2D eigenvalue weighted by Crippen LogP contribution is -2.61. The number of ether oxygens (including phenoxy) is 1. The molecule has 1 spiro atoms. The number of nitrogens with two attached hydrogens (primary N) is 2. The Balaban J connectivity index is 1.26. The topological polar surface area (TPSA) is 160 Å². The van der Waals surface area contributed by atoms with Gasteiger partial charge in [-0.15, -0.1) is 23.1 Å². The van der Waals surface area contributed by atoms with Gasteiger partial charge in [0.1, 0.15) is 35.1 Å². The van der Waals surface area contributed by atoms with Gasteiger partial charge in [-0.2, -0.15) is 20.5 Å². The van der Waals surface area contributed by atoms with Gasteiger partial charge in [-0.3, -0.25) is 4.90 Å². The first-order valence-corrected chi connectivity index (χ1v) is 17.6. The van der Waals surface area contributed by atoms with Gasteiger partial charge in [0.15, 0.2) is 11.6 Å². The molecule has 2 atom stereocenters. The Kier molecular flexibility index (Phi) is 7.88. The number of hydrogen-bond donors (Lipinski definition) is 2. The maximum Gasteiger partial charge on any atom is 0.320 e. The highest BCUT2D eigenvalue weighted by Gasteiger charge is 2.53. The van der Waals surface area contributed by atoms with Crippen molar-refractivity contribution in [3.05, 3.63) is 45.5 Å². The van der Waals surface area contributed by atoms with Crippen LogP contribution in [0, 0.1) is 22.7 Å². The fourth-order valence-corrected chi connectivity index (χ4v) is 10.6. The Hall–Kier alpha value is -3.82. The molecule has 3 saturated heterocycles. The van der Waals surface area contributed by atoms with Gasteiger partial charge in [-0.25, -0.2) is 4.98 Å². The molecule has 4 aliphatic heterocycles. The van der Waals surface area contributed by atoms with Crippen molar-refractivity contribution >= 4 is 45.6 Å². The van der Waals surface area contributed by atoms with Gasteiger partial charge < -0.3 is 30.9 Å². The molecular formula is C32H39N11OS2. The number of nitrogens with zero attached hydrogens (tertiary/aromatic N) is 9. The van der Waals surface area contributed by atoms with Crippen LogP contribution < -0.4 is 26.0 Å². The third kappa shape index (κ3) is 4.90.